The van der Waals surface area contributed by atoms with E-state index in [1.165, 1.54) is 25.7 Å². The highest BCUT2D eigenvalue weighted by molar-refractivity contribution is 5.57. The van der Waals surface area contributed by atoms with Crippen LogP contribution in [0.5, 0.6) is 0 Å². The van der Waals surface area contributed by atoms with Gasteiger partial charge in [-0.25, -0.2) is 15.8 Å². The highest BCUT2D eigenvalue weighted by Crippen LogP contribution is 2.45. The van der Waals surface area contributed by atoms with Crippen molar-refractivity contribution in [1.29, 1.82) is 0 Å². The fourth-order valence-corrected chi connectivity index (χ4v) is 3.59. The van der Waals surface area contributed by atoms with Gasteiger partial charge in [0.25, 0.3) is 0 Å². The molecule has 5 heteroatoms. The Labute approximate surface area is 108 Å². The summed E-state index contributed by atoms with van der Waals surface area (Å²) in [5, 5.41) is 3.62. The molecule has 4 N–H and O–H groups in total. The topological polar surface area (TPSA) is 75.9 Å². The van der Waals surface area contributed by atoms with E-state index in [1.54, 1.807) is 6.33 Å². The number of hydrogen-bond acceptors (Lipinski definition) is 5. The molecule has 3 atom stereocenters. The Morgan fingerprint density at radius 3 is 2.72 bits per heavy atom. The van der Waals surface area contributed by atoms with Crippen LogP contribution in [0.3, 0.4) is 0 Å². The Balaban J connectivity index is 1.80. The maximum Gasteiger partial charge on any atom is 0.148 e. The van der Waals surface area contributed by atoms with Crippen molar-refractivity contribution in [3.63, 3.8) is 0 Å². The summed E-state index contributed by atoms with van der Waals surface area (Å²) >= 11 is 0. The summed E-state index contributed by atoms with van der Waals surface area (Å²) < 4.78 is 0. The number of hydrogen-bond donors (Lipinski definition) is 3. The van der Waals surface area contributed by atoms with Crippen molar-refractivity contribution >= 4 is 11.6 Å². The lowest BCUT2D eigenvalue weighted by molar-refractivity contribution is 0.438. The van der Waals surface area contributed by atoms with Gasteiger partial charge < -0.3 is 10.7 Å². The number of nitrogen functional groups attached to an aromatic ring is 1. The summed E-state index contributed by atoms with van der Waals surface area (Å²) in [4.78, 5) is 8.55. The molecule has 0 aromatic carbocycles. The molecule has 1 heterocycles. The lowest BCUT2D eigenvalue weighted by Crippen LogP contribution is -2.27. The molecule has 98 valence electrons. The fraction of sp³-hybridized carbons (Fsp3) is 0.692. The van der Waals surface area contributed by atoms with Gasteiger partial charge in [-0.05, 0) is 37.5 Å². The third-order valence-corrected chi connectivity index (χ3v) is 4.50. The number of aromatic nitrogens is 2. The first-order chi connectivity index (χ1) is 8.81. The molecule has 2 fully saturated rings. The number of nitrogens with zero attached hydrogens (tertiary/aromatic N) is 2. The van der Waals surface area contributed by atoms with E-state index in [0.29, 0.717) is 6.04 Å². The minimum Gasteiger partial charge on any atom is -0.367 e. The standard InChI is InChI=1S/C13H21N5/c1-2-10-12(15-7-16-13(10)18-14)17-11-6-8-3-4-9(11)5-8/h7-9,11H,2-6,14H2,1H3,(H2,15,16,17,18). The lowest BCUT2D eigenvalue weighted by Gasteiger charge is -2.24. The molecular formula is C13H21N5. The molecule has 18 heavy (non-hydrogen) atoms. The van der Waals surface area contributed by atoms with Gasteiger partial charge in [-0.2, -0.15) is 0 Å². The second-order valence-corrected chi connectivity index (χ2v) is 5.47. The summed E-state index contributed by atoms with van der Waals surface area (Å²) in [6.07, 6.45) is 7.93. The van der Waals surface area contributed by atoms with Crippen LogP contribution in [0.4, 0.5) is 11.6 Å². The van der Waals surface area contributed by atoms with E-state index >= 15 is 0 Å². The van der Waals surface area contributed by atoms with Gasteiger partial charge in [0.1, 0.15) is 18.0 Å². The second-order valence-electron chi connectivity index (χ2n) is 5.47. The van der Waals surface area contributed by atoms with Crippen LogP contribution >= 0.6 is 0 Å². The predicted molar refractivity (Wildman–Crippen MR) is 72.1 cm³/mol. The zero-order valence-electron chi connectivity index (χ0n) is 10.8. The maximum atomic E-state index is 5.50. The van der Waals surface area contributed by atoms with Gasteiger partial charge in [-0.3, -0.25) is 0 Å². The molecule has 2 bridgehead atoms. The molecule has 0 amide bonds. The number of hydrazine groups is 1. The molecule has 2 aliphatic carbocycles. The first kappa shape index (κ1) is 11.7. The average molecular weight is 247 g/mol. The SMILES string of the molecule is CCc1c(NN)ncnc1NC1CC2CCC1C2. The van der Waals surface area contributed by atoms with Crippen molar-refractivity contribution in [2.45, 2.75) is 45.1 Å². The fourth-order valence-electron chi connectivity index (χ4n) is 3.59. The molecular weight excluding hydrogens is 226 g/mol. The van der Waals surface area contributed by atoms with Crippen LogP contribution in [0.1, 0.15) is 38.2 Å². The summed E-state index contributed by atoms with van der Waals surface area (Å²) in [6, 6.07) is 0.592. The molecule has 2 saturated carbocycles. The van der Waals surface area contributed by atoms with Gasteiger partial charge in [0, 0.05) is 11.6 Å². The number of rotatable bonds is 4. The van der Waals surface area contributed by atoms with Crippen LogP contribution in [-0.2, 0) is 6.42 Å². The van der Waals surface area contributed by atoms with E-state index in [1.807, 2.05) is 0 Å². The zero-order chi connectivity index (χ0) is 12.5. The molecule has 0 radical (unpaired) electrons. The Morgan fingerprint density at radius 1 is 1.28 bits per heavy atom. The predicted octanol–water partition coefficient (Wildman–Crippen LogP) is 1.93. The quantitative estimate of drug-likeness (QED) is 0.560. The van der Waals surface area contributed by atoms with Crippen molar-refractivity contribution in [1.82, 2.24) is 9.97 Å². The van der Waals surface area contributed by atoms with Crippen molar-refractivity contribution in [3.8, 4) is 0 Å². The van der Waals surface area contributed by atoms with Crippen LogP contribution in [0.15, 0.2) is 6.33 Å². The highest BCUT2D eigenvalue weighted by atomic mass is 15.3. The van der Waals surface area contributed by atoms with Crippen LogP contribution < -0.4 is 16.6 Å². The molecule has 3 unspecified atom stereocenters. The molecule has 1 aromatic heterocycles. The molecule has 5 nitrogen and oxygen atoms in total. The van der Waals surface area contributed by atoms with Crippen LogP contribution in [-0.4, -0.2) is 16.0 Å². The molecule has 1 aromatic rings. The van der Waals surface area contributed by atoms with E-state index in [2.05, 4.69) is 27.6 Å². The minimum atomic E-state index is 0.592. The van der Waals surface area contributed by atoms with Crippen molar-refractivity contribution < 1.29 is 0 Å². The van der Waals surface area contributed by atoms with E-state index in [0.717, 1.165) is 35.5 Å². The van der Waals surface area contributed by atoms with E-state index in [4.69, 9.17) is 5.84 Å². The number of nitrogens with two attached hydrogens (primary N) is 1. The smallest absolute Gasteiger partial charge is 0.148 e. The number of fused-ring (bicyclic) bond motifs is 2. The Morgan fingerprint density at radius 2 is 2.11 bits per heavy atom. The van der Waals surface area contributed by atoms with Crippen LogP contribution in [0, 0.1) is 11.8 Å². The van der Waals surface area contributed by atoms with Crippen molar-refractivity contribution in [2.75, 3.05) is 10.7 Å². The summed E-state index contributed by atoms with van der Waals surface area (Å²) in [5.41, 5.74) is 3.74. The first-order valence-electron chi connectivity index (χ1n) is 6.88. The summed E-state index contributed by atoms with van der Waals surface area (Å²) in [7, 11) is 0. The van der Waals surface area contributed by atoms with E-state index < -0.39 is 0 Å². The van der Waals surface area contributed by atoms with Gasteiger partial charge in [0.15, 0.2) is 0 Å². The molecule has 0 saturated heterocycles. The van der Waals surface area contributed by atoms with Crippen LogP contribution in [0.2, 0.25) is 0 Å². The molecule has 3 rings (SSSR count). The second kappa shape index (κ2) is 4.72. The largest absolute Gasteiger partial charge is 0.367 e. The maximum absolute atomic E-state index is 5.50. The van der Waals surface area contributed by atoms with Crippen molar-refractivity contribution in [3.05, 3.63) is 11.9 Å². The zero-order valence-corrected chi connectivity index (χ0v) is 10.8. The highest BCUT2D eigenvalue weighted by Gasteiger charge is 2.39. The van der Waals surface area contributed by atoms with Gasteiger partial charge in [0.2, 0.25) is 0 Å². The van der Waals surface area contributed by atoms with E-state index in [9.17, 15) is 0 Å². The lowest BCUT2D eigenvalue weighted by atomic mass is 9.95. The Hall–Kier alpha value is -1.36. The van der Waals surface area contributed by atoms with Crippen molar-refractivity contribution in [2.24, 2.45) is 17.7 Å². The first-order valence-corrected chi connectivity index (χ1v) is 6.88. The minimum absolute atomic E-state index is 0.592. The number of anilines is 2. The Bertz CT molecular complexity index is 433. The van der Waals surface area contributed by atoms with Gasteiger partial charge >= 0.3 is 0 Å². The third kappa shape index (κ3) is 1.92. The van der Waals surface area contributed by atoms with Gasteiger partial charge in [-0.1, -0.05) is 13.3 Å². The average Bonchev–Trinajstić information content (AvgIpc) is 3.00. The summed E-state index contributed by atoms with van der Waals surface area (Å²) in [5.74, 6) is 8.96. The third-order valence-electron chi connectivity index (χ3n) is 4.50. The normalized spacial score (nSPS) is 29.6. The monoisotopic (exact) mass is 247 g/mol. The molecule has 2 aliphatic rings. The van der Waals surface area contributed by atoms with Gasteiger partial charge in [-0.15, -0.1) is 0 Å². The molecule has 0 spiro atoms. The molecule has 0 aliphatic heterocycles. The van der Waals surface area contributed by atoms with Gasteiger partial charge in [0.05, 0.1) is 0 Å². The number of nitrogens with one attached hydrogen (secondary N) is 2. The van der Waals surface area contributed by atoms with Crippen LogP contribution in [0.25, 0.3) is 0 Å². The van der Waals surface area contributed by atoms with E-state index in [-0.39, 0.29) is 0 Å². The summed E-state index contributed by atoms with van der Waals surface area (Å²) in [6.45, 7) is 2.10. The Kier molecular flexibility index (Phi) is 3.07.